The number of furan rings is 1. The number of aryl methyl sites for hydroxylation is 1. The molecule has 0 saturated carbocycles. The monoisotopic (exact) mass is 434 g/mol. The Bertz CT molecular complexity index is 1080. The molecule has 160 valence electrons. The summed E-state index contributed by atoms with van der Waals surface area (Å²) in [5.41, 5.74) is 3.91. The number of carbonyl (C=O) groups excluding carboxylic acids is 1. The molecule has 0 unspecified atom stereocenters. The lowest BCUT2D eigenvalue weighted by molar-refractivity contribution is -0.111. The molecule has 1 aliphatic rings. The average molecular weight is 435 g/mol. The van der Waals surface area contributed by atoms with Crippen LogP contribution in [0.15, 0.2) is 65.1 Å². The fraction of sp³-hybridized carbons (Fsp3) is 0.269. The van der Waals surface area contributed by atoms with Crippen molar-refractivity contribution in [2.45, 2.75) is 26.7 Å². The Morgan fingerprint density at radius 1 is 1.10 bits per heavy atom. The molecule has 1 amide bonds. The van der Waals surface area contributed by atoms with E-state index >= 15 is 0 Å². The fourth-order valence-electron chi connectivity index (χ4n) is 3.71. The first-order valence-electron chi connectivity index (χ1n) is 10.7. The van der Waals surface area contributed by atoms with Crippen LogP contribution in [0, 0.1) is 12.8 Å². The van der Waals surface area contributed by atoms with Crippen LogP contribution in [0.3, 0.4) is 0 Å². The van der Waals surface area contributed by atoms with E-state index in [4.69, 9.17) is 16.0 Å². The number of halogens is 1. The van der Waals surface area contributed by atoms with Crippen LogP contribution in [0.4, 0.5) is 11.4 Å². The summed E-state index contributed by atoms with van der Waals surface area (Å²) in [4.78, 5) is 14.7. The molecule has 0 radical (unpaired) electrons. The number of nitrogens with one attached hydrogen (secondary N) is 1. The van der Waals surface area contributed by atoms with Crippen LogP contribution < -0.4 is 10.2 Å². The highest BCUT2D eigenvalue weighted by Crippen LogP contribution is 2.27. The maximum absolute atomic E-state index is 12.3. The number of piperidine rings is 1. The molecule has 4 rings (SSSR count). The molecule has 31 heavy (non-hydrogen) atoms. The van der Waals surface area contributed by atoms with Crippen molar-refractivity contribution in [3.8, 4) is 11.3 Å². The van der Waals surface area contributed by atoms with Gasteiger partial charge in [-0.15, -0.1) is 0 Å². The van der Waals surface area contributed by atoms with Gasteiger partial charge < -0.3 is 14.6 Å². The van der Waals surface area contributed by atoms with E-state index in [1.807, 2.05) is 49.4 Å². The SMILES string of the molecule is Cc1ccc(-c2ccc(C=CC(=O)Nc3ccc(N4CCC(C)CC4)cc3)o2)cc1Cl. The fourth-order valence-corrected chi connectivity index (χ4v) is 3.89. The third-order valence-electron chi connectivity index (χ3n) is 5.77. The van der Waals surface area contributed by atoms with Crippen LogP contribution in [0.1, 0.15) is 31.1 Å². The lowest BCUT2D eigenvalue weighted by atomic mass is 9.99. The zero-order valence-corrected chi connectivity index (χ0v) is 18.7. The molecule has 4 nitrogen and oxygen atoms in total. The summed E-state index contributed by atoms with van der Waals surface area (Å²) < 4.78 is 5.82. The van der Waals surface area contributed by atoms with E-state index in [-0.39, 0.29) is 5.91 Å². The Labute approximate surface area is 188 Å². The molecule has 0 spiro atoms. The second-order valence-electron chi connectivity index (χ2n) is 8.21. The average Bonchev–Trinajstić information content (AvgIpc) is 3.25. The zero-order valence-electron chi connectivity index (χ0n) is 17.9. The number of carbonyl (C=O) groups is 1. The summed E-state index contributed by atoms with van der Waals surface area (Å²) in [5.74, 6) is 1.93. The second kappa shape index (κ2) is 9.44. The molecule has 0 bridgehead atoms. The second-order valence-corrected chi connectivity index (χ2v) is 8.61. The van der Waals surface area contributed by atoms with Crippen molar-refractivity contribution in [1.82, 2.24) is 0 Å². The van der Waals surface area contributed by atoms with Gasteiger partial charge in [-0.1, -0.05) is 30.7 Å². The quantitative estimate of drug-likeness (QED) is 0.449. The number of hydrogen-bond acceptors (Lipinski definition) is 3. The standard InChI is InChI=1S/C26H27ClN2O2/c1-18-13-15-29(16-14-18)22-7-5-21(6-8-22)28-26(30)12-10-23-9-11-25(31-23)20-4-3-19(2)24(27)17-20/h3-12,17-18H,13-16H2,1-2H3,(H,28,30). The summed E-state index contributed by atoms with van der Waals surface area (Å²) in [6.45, 7) is 6.46. The lowest BCUT2D eigenvalue weighted by Crippen LogP contribution is -2.32. The predicted molar refractivity (Wildman–Crippen MR) is 129 cm³/mol. The Morgan fingerprint density at radius 2 is 1.84 bits per heavy atom. The van der Waals surface area contributed by atoms with Crippen molar-refractivity contribution in [1.29, 1.82) is 0 Å². The minimum Gasteiger partial charge on any atom is -0.457 e. The molecule has 0 aliphatic carbocycles. The number of nitrogens with zero attached hydrogens (tertiary/aromatic N) is 1. The van der Waals surface area contributed by atoms with Crippen molar-refractivity contribution in [2.24, 2.45) is 5.92 Å². The smallest absolute Gasteiger partial charge is 0.248 e. The molecule has 1 aromatic heterocycles. The van der Waals surface area contributed by atoms with Crippen molar-refractivity contribution in [3.05, 3.63) is 77.0 Å². The van der Waals surface area contributed by atoms with Crippen molar-refractivity contribution < 1.29 is 9.21 Å². The molecule has 1 saturated heterocycles. The van der Waals surface area contributed by atoms with Gasteiger partial charge in [0, 0.05) is 41.1 Å². The van der Waals surface area contributed by atoms with E-state index in [1.54, 1.807) is 6.08 Å². The Hall–Kier alpha value is -2.98. The van der Waals surface area contributed by atoms with Gasteiger partial charge in [-0.05, 0) is 79.8 Å². The molecular weight excluding hydrogens is 408 g/mol. The van der Waals surface area contributed by atoms with Gasteiger partial charge in [0.1, 0.15) is 11.5 Å². The van der Waals surface area contributed by atoms with Gasteiger partial charge >= 0.3 is 0 Å². The highest BCUT2D eigenvalue weighted by molar-refractivity contribution is 6.31. The van der Waals surface area contributed by atoms with Crippen LogP contribution in [0.5, 0.6) is 0 Å². The summed E-state index contributed by atoms with van der Waals surface area (Å²) in [5, 5.41) is 3.60. The first-order valence-corrected chi connectivity index (χ1v) is 11.1. The first-order chi connectivity index (χ1) is 15.0. The number of benzene rings is 2. The van der Waals surface area contributed by atoms with Crippen LogP contribution in [0.25, 0.3) is 17.4 Å². The van der Waals surface area contributed by atoms with E-state index in [9.17, 15) is 4.79 Å². The van der Waals surface area contributed by atoms with Gasteiger partial charge in [-0.3, -0.25) is 4.79 Å². The maximum Gasteiger partial charge on any atom is 0.248 e. The van der Waals surface area contributed by atoms with E-state index < -0.39 is 0 Å². The summed E-state index contributed by atoms with van der Waals surface area (Å²) in [6, 6.07) is 17.6. The normalized spacial score (nSPS) is 14.9. The molecular formula is C26H27ClN2O2. The number of amides is 1. The van der Waals surface area contributed by atoms with Gasteiger partial charge in [-0.25, -0.2) is 0 Å². The summed E-state index contributed by atoms with van der Waals surface area (Å²) in [7, 11) is 0. The summed E-state index contributed by atoms with van der Waals surface area (Å²) >= 11 is 6.20. The van der Waals surface area contributed by atoms with Gasteiger partial charge in [0.15, 0.2) is 0 Å². The first kappa shape index (κ1) is 21.3. The van der Waals surface area contributed by atoms with Crippen LogP contribution >= 0.6 is 11.6 Å². The molecule has 1 fully saturated rings. The number of hydrogen-bond donors (Lipinski definition) is 1. The Kier molecular flexibility index (Phi) is 6.47. The van der Waals surface area contributed by atoms with E-state index in [0.29, 0.717) is 16.5 Å². The van der Waals surface area contributed by atoms with Crippen molar-refractivity contribution in [3.63, 3.8) is 0 Å². The van der Waals surface area contributed by atoms with Crippen molar-refractivity contribution >= 4 is 35.0 Å². The van der Waals surface area contributed by atoms with E-state index in [0.717, 1.165) is 35.8 Å². The minimum absolute atomic E-state index is 0.198. The molecule has 1 N–H and O–H groups in total. The zero-order chi connectivity index (χ0) is 21.8. The van der Waals surface area contributed by atoms with Crippen LogP contribution in [-0.4, -0.2) is 19.0 Å². The topological polar surface area (TPSA) is 45.5 Å². The van der Waals surface area contributed by atoms with Gasteiger partial charge in [0.2, 0.25) is 5.91 Å². The third kappa shape index (κ3) is 5.39. The number of rotatable bonds is 5. The third-order valence-corrected chi connectivity index (χ3v) is 6.17. The van der Waals surface area contributed by atoms with Gasteiger partial charge in [0.05, 0.1) is 0 Å². The highest BCUT2D eigenvalue weighted by atomic mass is 35.5. The Balaban J connectivity index is 1.34. The lowest BCUT2D eigenvalue weighted by Gasteiger charge is -2.32. The highest BCUT2D eigenvalue weighted by Gasteiger charge is 2.15. The van der Waals surface area contributed by atoms with Crippen LogP contribution in [-0.2, 0) is 4.79 Å². The van der Waals surface area contributed by atoms with Gasteiger partial charge in [-0.2, -0.15) is 0 Å². The molecule has 0 atom stereocenters. The number of anilines is 2. The molecule has 2 heterocycles. The molecule has 2 aromatic carbocycles. The molecule has 3 aromatic rings. The Morgan fingerprint density at radius 3 is 2.55 bits per heavy atom. The van der Waals surface area contributed by atoms with E-state index in [1.165, 1.54) is 24.6 Å². The van der Waals surface area contributed by atoms with Crippen molar-refractivity contribution in [2.75, 3.05) is 23.3 Å². The van der Waals surface area contributed by atoms with Crippen LogP contribution in [0.2, 0.25) is 5.02 Å². The molecule has 5 heteroatoms. The summed E-state index contributed by atoms with van der Waals surface area (Å²) in [6.07, 6.45) is 5.60. The largest absolute Gasteiger partial charge is 0.457 e. The van der Waals surface area contributed by atoms with Gasteiger partial charge in [0.25, 0.3) is 0 Å². The minimum atomic E-state index is -0.198. The maximum atomic E-state index is 12.3. The van der Waals surface area contributed by atoms with E-state index in [2.05, 4.69) is 29.3 Å². The molecule has 1 aliphatic heterocycles. The predicted octanol–water partition coefficient (Wildman–Crippen LogP) is 6.80.